The highest BCUT2D eigenvalue weighted by Gasteiger charge is 2.37. The van der Waals surface area contributed by atoms with E-state index in [0.29, 0.717) is 12.1 Å². The minimum atomic E-state index is 0.341. The molecule has 0 aliphatic carbocycles. The van der Waals surface area contributed by atoms with Crippen molar-refractivity contribution in [1.29, 1.82) is 0 Å². The minimum Gasteiger partial charge on any atom is -0.372 e. The lowest BCUT2D eigenvalue weighted by Gasteiger charge is -2.49. The Kier molecular flexibility index (Phi) is 14.7. The van der Waals surface area contributed by atoms with Crippen molar-refractivity contribution < 1.29 is 0 Å². The van der Waals surface area contributed by atoms with Crippen LogP contribution in [-0.4, -0.2) is 65.4 Å². The zero-order chi connectivity index (χ0) is 62.4. The number of para-hydroxylation sites is 2. The lowest BCUT2D eigenvalue weighted by molar-refractivity contribution is 0.338. The molecule has 2 atom stereocenters. The number of benzene rings is 12. The molecular weight excluding hydrogens is 1160 g/mol. The van der Waals surface area contributed by atoms with Gasteiger partial charge in [0, 0.05) is 116 Å². The highest BCUT2D eigenvalue weighted by molar-refractivity contribution is 7.99. The van der Waals surface area contributed by atoms with Crippen molar-refractivity contribution in [2.45, 2.75) is 105 Å². The van der Waals surface area contributed by atoms with Gasteiger partial charge in [0.15, 0.2) is 0 Å². The van der Waals surface area contributed by atoms with Crippen molar-refractivity contribution in [3.8, 4) is 44.5 Å². The van der Waals surface area contributed by atoms with E-state index in [4.69, 9.17) is 0 Å². The zero-order valence-corrected chi connectivity index (χ0v) is 55.3. The third-order valence-electron chi connectivity index (χ3n) is 22.5. The van der Waals surface area contributed by atoms with E-state index in [1.165, 1.54) is 231 Å². The van der Waals surface area contributed by atoms with E-state index in [1.54, 1.807) is 0 Å². The summed E-state index contributed by atoms with van der Waals surface area (Å²) in [6.45, 7) is 6.53. The second-order valence-corrected chi connectivity index (χ2v) is 28.9. The molecule has 466 valence electrons. The SMILES string of the molecule is CN1c2ccccc2Cc2ccc(-c3c4ccc(N5CCCCC5C5CCCCN5c5ccc6c(-c7ccccc7)c7cc(N8CCCCC8)ccc7c(-c7ccc8c(c7)N(C)c7ccccc7S8)c6c5)cc4c(-c4ccccc4)c4ccc(N5CCCCC5)cc34)cc21. The van der Waals surface area contributed by atoms with Crippen molar-refractivity contribution in [3.63, 3.8) is 0 Å². The van der Waals surface area contributed by atoms with Crippen molar-refractivity contribution in [2.24, 2.45) is 0 Å². The molecule has 0 spiro atoms. The van der Waals surface area contributed by atoms with E-state index in [0.717, 1.165) is 45.7 Å². The molecule has 0 saturated carbocycles. The van der Waals surface area contributed by atoms with Crippen molar-refractivity contribution in [3.05, 3.63) is 230 Å². The Morgan fingerprint density at radius 3 is 1.23 bits per heavy atom. The van der Waals surface area contributed by atoms with Gasteiger partial charge in [-0.15, -0.1) is 0 Å². The van der Waals surface area contributed by atoms with Gasteiger partial charge in [0.05, 0.1) is 11.4 Å². The smallest absolute Gasteiger partial charge is 0.0556 e. The Morgan fingerprint density at radius 2 is 0.691 bits per heavy atom. The van der Waals surface area contributed by atoms with Crippen LogP contribution in [0.1, 0.15) is 88.2 Å². The number of anilines is 8. The van der Waals surface area contributed by atoms with Crippen LogP contribution >= 0.6 is 11.8 Å². The van der Waals surface area contributed by atoms with Gasteiger partial charge in [-0.1, -0.05) is 145 Å². The molecule has 7 heteroatoms. The van der Waals surface area contributed by atoms with E-state index < -0.39 is 0 Å². The molecule has 0 aromatic heterocycles. The second-order valence-electron chi connectivity index (χ2n) is 27.8. The van der Waals surface area contributed by atoms with Gasteiger partial charge in [0.25, 0.3) is 0 Å². The fourth-order valence-electron chi connectivity index (χ4n) is 17.9. The first-order valence-electron chi connectivity index (χ1n) is 35.3. The molecule has 94 heavy (non-hydrogen) atoms. The minimum absolute atomic E-state index is 0.341. The van der Waals surface area contributed by atoms with Gasteiger partial charge in [-0.25, -0.2) is 0 Å². The maximum atomic E-state index is 2.88. The average molecular weight is 1240 g/mol. The summed E-state index contributed by atoms with van der Waals surface area (Å²) in [5, 5.41) is 10.6. The third-order valence-corrected chi connectivity index (χ3v) is 23.6. The lowest BCUT2D eigenvalue weighted by atomic mass is 9.83. The normalized spacial score (nSPS) is 18.2. The topological polar surface area (TPSA) is 19.4 Å². The highest BCUT2D eigenvalue weighted by atomic mass is 32.2. The van der Waals surface area contributed by atoms with Gasteiger partial charge < -0.3 is 29.4 Å². The number of rotatable bonds is 9. The first kappa shape index (κ1) is 57.5. The monoisotopic (exact) mass is 1240 g/mol. The predicted octanol–water partition coefficient (Wildman–Crippen LogP) is 22.3. The van der Waals surface area contributed by atoms with Crippen LogP contribution in [-0.2, 0) is 6.42 Å². The Labute approximate surface area is 559 Å². The van der Waals surface area contributed by atoms with E-state index in [2.05, 4.69) is 262 Å². The number of hydrogen-bond donors (Lipinski definition) is 0. The van der Waals surface area contributed by atoms with E-state index >= 15 is 0 Å². The zero-order valence-electron chi connectivity index (χ0n) is 54.5. The third kappa shape index (κ3) is 9.89. The number of nitrogens with zero attached hydrogens (tertiary/aromatic N) is 6. The fraction of sp³-hybridized carbons (Fsp3) is 0.264. The molecule has 6 aliphatic heterocycles. The van der Waals surface area contributed by atoms with Crippen LogP contribution in [0.2, 0.25) is 0 Å². The standard InChI is InChI=1S/C87H82N6S/c1-88-76-28-12-11-27-60(76)51-61-33-34-62(52-80(61)88)86-71-43-39-66(56-74(71)85(59-25-9-4-10-26-59)68-40-36-65(55-73(68)86)91-47-19-6-20-48-91)92-49-21-15-29-77(92)78-30-16-22-50-93(78)67-38-42-69-75(57-67)87(63-35-44-83-81(53-63)89(2)79-31-13-14-32-82(79)94-83)70-41-37-64(90-45-17-5-18-46-90)54-72(70)84(69)58-23-7-3-8-24-58/h3-4,7-14,23-28,31-44,52-57,77-78H,5-6,15-22,29-30,45-51H2,1-2H3. The van der Waals surface area contributed by atoms with Crippen LogP contribution in [0.5, 0.6) is 0 Å². The van der Waals surface area contributed by atoms with Crippen LogP contribution in [0.15, 0.2) is 228 Å². The molecule has 4 fully saturated rings. The Bertz CT molecular complexity index is 4910. The van der Waals surface area contributed by atoms with E-state index in [1.807, 2.05) is 11.8 Å². The second kappa shape index (κ2) is 24.0. The van der Waals surface area contributed by atoms with Gasteiger partial charge in [-0.05, 0) is 261 Å². The van der Waals surface area contributed by atoms with E-state index in [9.17, 15) is 0 Å². The number of fused-ring (bicyclic) bond motifs is 8. The van der Waals surface area contributed by atoms with Crippen molar-refractivity contribution in [1.82, 2.24) is 0 Å². The lowest BCUT2D eigenvalue weighted by Crippen LogP contribution is -2.56. The Morgan fingerprint density at radius 1 is 0.287 bits per heavy atom. The van der Waals surface area contributed by atoms with Gasteiger partial charge in [-0.2, -0.15) is 0 Å². The van der Waals surface area contributed by atoms with Crippen LogP contribution in [0, 0.1) is 0 Å². The molecule has 0 N–H and O–H groups in total. The summed E-state index contributed by atoms with van der Waals surface area (Å²) in [7, 11) is 4.51. The predicted molar refractivity (Wildman–Crippen MR) is 403 cm³/mol. The molecule has 12 aromatic rings. The molecule has 0 bridgehead atoms. The van der Waals surface area contributed by atoms with E-state index in [-0.39, 0.29) is 0 Å². The van der Waals surface area contributed by atoms with Gasteiger partial charge in [0.1, 0.15) is 0 Å². The first-order valence-corrected chi connectivity index (χ1v) is 36.1. The van der Waals surface area contributed by atoms with Crippen LogP contribution in [0.25, 0.3) is 87.6 Å². The number of piperidine rings is 4. The molecule has 4 saturated heterocycles. The fourth-order valence-corrected chi connectivity index (χ4v) is 19.0. The van der Waals surface area contributed by atoms with Crippen LogP contribution in [0.3, 0.4) is 0 Å². The molecule has 18 rings (SSSR count). The number of hydrogen-bond acceptors (Lipinski definition) is 7. The molecule has 0 radical (unpaired) electrons. The average Bonchev–Trinajstić information content (AvgIpc) is 0.730. The summed E-state index contributed by atoms with van der Waals surface area (Å²) in [4.78, 5) is 18.5. The van der Waals surface area contributed by atoms with Gasteiger partial charge in [-0.3, -0.25) is 0 Å². The molecule has 0 amide bonds. The van der Waals surface area contributed by atoms with Crippen LogP contribution in [0.4, 0.5) is 45.5 Å². The maximum Gasteiger partial charge on any atom is 0.0556 e. The summed E-state index contributed by atoms with van der Waals surface area (Å²) in [6, 6.07) is 86.2. The summed E-state index contributed by atoms with van der Waals surface area (Å²) >= 11 is 1.89. The van der Waals surface area contributed by atoms with Gasteiger partial charge >= 0.3 is 0 Å². The summed E-state index contributed by atoms with van der Waals surface area (Å²) in [5.41, 5.74) is 23.7. The van der Waals surface area contributed by atoms with Crippen LogP contribution < -0.4 is 29.4 Å². The summed E-state index contributed by atoms with van der Waals surface area (Å²) < 4.78 is 0. The quantitative estimate of drug-likeness (QED) is 0.132. The molecule has 6 nitrogen and oxygen atoms in total. The Hall–Kier alpha value is -9.17. The Balaban J connectivity index is 0.792. The molecule has 12 aromatic carbocycles. The van der Waals surface area contributed by atoms with Gasteiger partial charge in [0.2, 0.25) is 0 Å². The first-order chi connectivity index (χ1) is 46.5. The highest BCUT2D eigenvalue weighted by Crippen LogP contribution is 2.53. The largest absolute Gasteiger partial charge is 0.372 e. The maximum absolute atomic E-state index is 2.88. The molecule has 6 aliphatic rings. The van der Waals surface area contributed by atoms with Crippen molar-refractivity contribution in [2.75, 3.05) is 82.8 Å². The molecule has 2 unspecified atom stereocenters. The summed E-state index contributed by atoms with van der Waals surface area (Å²) in [5.74, 6) is 0. The van der Waals surface area contributed by atoms with Crippen molar-refractivity contribution >= 4 is 100 Å². The molecule has 6 heterocycles. The summed E-state index contributed by atoms with van der Waals surface area (Å²) in [6.07, 6.45) is 15.7. The molecular formula is C87H82N6S.